The predicted molar refractivity (Wildman–Crippen MR) is 76.4 cm³/mol. The molecule has 1 saturated carbocycles. The van der Waals surface area contributed by atoms with E-state index in [0.717, 1.165) is 12.3 Å². The van der Waals surface area contributed by atoms with Gasteiger partial charge in [-0.1, -0.05) is 29.6 Å². The van der Waals surface area contributed by atoms with E-state index < -0.39 is 0 Å². The summed E-state index contributed by atoms with van der Waals surface area (Å²) in [5.74, 6) is 1.35. The van der Waals surface area contributed by atoms with Gasteiger partial charge in [-0.25, -0.2) is 4.68 Å². The Kier molecular flexibility index (Phi) is 3.67. The Labute approximate surface area is 122 Å². The van der Waals surface area contributed by atoms with E-state index in [1.54, 1.807) is 16.8 Å². The van der Waals surface area contributed by atoms with Crippen molar-refractivity contribution in [2.45, 2.75) is 19.3 Å². The Morgan fingerprint density at radius 2 is 2.05 bits per heavy atom. The number of nitrogens with zero attached hydrogens (tertiary/aromatic N) is 2. The lowest BCUT2D eigenvalue weighted by Crippen LogP contribution is -2.19. The summed E-state index contributed by atoms with van der Waals surface area (Å²) in [7, 11) is 0. The van der Waals surface area contributed by atoms with Crippen molar-refractivity contribution in [1.82, 2.24) is 9.78 Å². The smallest absolute Gasteiger partial charge is 0.233 e. The zero-order chi connectivity index (χ0) is 13.2. The van der Waals surface area contributed by atoms with E-state index in [0.29, 0.717) is 21.8 Å². The summed E-state index contributed by atoms with van der Waals surface area (Å²) in [6, 6.07) is 7.28. The molecule has 1 aromatic heterocycles. The van der Waals surface area contributed by atoms with Crippen molar-refractivity contribution < 1.29 is 4.74 Å². The molecule has 1 fully saturated rings. The predicted octanol–water partition coefficient (Wildman–Crippen LogP) is 4.36. The SMILES string of the molecule is Clc1ccc(-n2ccc(OCC3CCC3)n2)cc1Cl. The minimum atomic E-state index is 0.520. The summed E-state index contributed by atoms with van der Waals surface area (Å²) >= 11 is 11.9. The highest BCUT2D eigenvalue weighted by atomic mass is 35.5. The number of hydrogen-bond donors (Lipinski definition) is 0. The molecule has 0 unspecified atom stereocenters. The number of rotatable bonds is 4. The first-order valence-electron chi connectivity index (χ1n) is 6.36. The number of aromatic nitrogens is 2. The van der Waals surface area contributed by atoms with Crippen LogP contribution in [0.25, 0.3) is 5.69 Å². The molecule has 1 aliphatic carbocycles. The zero-order valence-corrected chi connectivity index (χ0v) is 11.9. The molecule has 3 nitrogen and oxygen atoms in total. The molecule has 1 aliphatic rings. The van der Waals surface area contributed by atoms with E-state index >= 15 is 0 Å². The van der Waals surface area contributed by atoms with Crippen LogP contribution in [-0.2, 0) is 0 Å². The van der Waals surface area contributed by atoms with Crippen molar-refractivity contribution in [1.29, 1.82) is 0 Å². The van der Waals surface area contributed by atoms with E-state index in [1.807, 2.05) is 18.3 Å². The third kappa shape index (κ3) is 2.88. The van der Waals surface area contributed by atoms with Crippen LogP contribution in [0.4, 0.5) is 0 Å². The summed E-state index contributed by atoms with van der Waals surface area (Å²) in [5, 5.41) is 5.44. The third-order valence-electron chi connectivity index (χ3n) is 3.42. The zero-order valence-electron chi connectivity index (χ0n) is 10.4. The van der Waals surface area contributed by atoms with E-state index in [2.05, 4.69) is 5.10 Å². The Bertz CT molecular complexity index is 579. The fraction of sp³-hybridized carbons (Fsp3) is 0.357. The lowest BCUT2D eigenvalue weighted by molar-refractivity contribution is 0.175. The van der Waals surface area contributed by atoms with Gasteiger partial charge in [0.15, 0.2) is 0 Å². The third-order valence-corrected chi connectivity index (χ3v) is 4.16. The highest BCUT2D eigenvalue weighted by Gasteiger charge is 2.18. The van der Waals surface area contributed by atoms with Gasteiger partial charge in [0.05, 0.1) is 22.3 Å². The summed E-state index contributed by atoms with van der Waals surface area (Å²) in [5.41, 5.74) is 0.868. The first-order chi connectivity index (χ1) is 9.22. The minimum Gasteiger partial charge on any atom is -0.476 e. The van der Waals surface area contributed by atoms with Crippen molar-refractivity contribution in [2.24, 2.45) is 5.92 Å². The van der Waals surface area contributed by atoms with Crippen LogP contribution in [0.2, 0.25) is 10.0 Å². The quantitative estimate of drug-likeness (QED) is 0.838. The molecule has 3 rings (SSSR count). The van der Waals surface area contributed by atoms with Crippen LogP contribution in [0.3, 0.4) is 0 Å². The van der Waals surface area contributed by atoms with Gasteiger partial charge < -0.3 is 4.74 Å². The maximum absolute atomic E-state index is 6.00. The summed E-state index contributed by atoms with van der Waals surface area (Å²) < 4.78 is 7.41. The van der Waals surface area contributed by atoms with Crippen molar-refractivity contribution in [2.75, 3.05) is 6.61 Å². The molecule has 0 amide bonds. The number of ether oxygens (including phenoxy) is 1. The average molecular weight is 297 g/mol. The minimum absolute atomic E-state index is 0.520. The van der Waals surface area contributed by atoms with Crippen LogP contribution < -0.4 is 4.74 Å². The first kappa shape index (κ1) is 12.8. The van der Waals surface area contributed by atoms with Gasteiger partial charge in [0.25, 0.3) is 0 Å². The fourth-order valence-electron chi connectivity index (χ4n) is 2.02. The molecule has 1 aromatic carbocycles. The monoisotopic (exact) mass is 296 g/mol. The Hall–Kier alpha value is -1.19. The number of hydrogen-bond acceptors (Lipinski definition) is 2. The summed E-state index contributed by atoms with van der Waals surface area (Å²) in [4.78, 5) is 0. The average Bonchev–Trinajstić information content (AvgIpc) is 2.79. The second-order valence-electron chi connectivity index (χ2n) is 4.80. The fourth-order valence-corrected chi connectivity index (χ4v) is 2.31. The van der Waals surface area contributed by atoms with Gasteiger partial charge in [-0.3, -0.25) is 0 Å². The van der Waals surface area contributed by atoms with Gasteiger partial charge in [0.1, 0.15) is 0 Å². The number of benzene rings is 1. The van der Waals surface area contributed by atoms with Crippen molar-refractivity contribution in [3.63, 3.8) is 0 Å². The molecular weight excluding hydrogens is 283 g/mol. The Balaban J connectivity index is 1.70. The molecule has 0 N–H and O–H groups in total. The molecule has 0 aliphatic heterocycles. The molecule has 0 spiro atoms. The molecule has 0 saturated heterocycles. The second-order valence-corrected chi connectivity index (χ2v) is 5.62. The van der Waals surface area contributed by atoms with Crippen LogP contribution in [0.5, 0.6) is 5.88 Å². The second kappa shape index (κ2) is 5.43. The molecule has 0 bridgehead atoms. The molecular formula is C14H14Cl2N2O. The first-order valence-corrected chi connectivity index (χ1v) is 7.12. The van der Waals surface area contributed by atoms with E-state index in [4.69, 9.17) is 27.9 Å². The largest absolute Gasteiger partial charge is 0.476 e. The Morgan fingerprint density at radius 1 is 1.21 bits per heavy atom. The molecule has 0 radical (unpaired) electrons. The molecule has 5 heteroatoms. The van der Waals surface area contributed by atoms with Crippen molar-refractivity contribution >= 4 is 23.2 Å². The molecule has 19 heavy (non-hydrogen) atoms. The molecule has 2 aromatic rings. The number of halogens is 2. The lowest BCUT2D eigenvalue weighted by Gasteiger charge is -2.24. The van der Waals surface area contributed by atoms with Crippen LogP contribution in [0.1, 0.15) is 19.3 Å². The molecule has 100 valence electrons. The summed E-state index contributed by atoms with van der Waals surface area (Å²) in [6.07, 6.45) is 5.72. The highest BCUT2D eigenvalue weighted by molar-refractivity contribution is 6.42. The van der Waals surface area contributed by atoms with Gasteiger partial charge in [0.2, 0.25) is 5.88 Å². The van der Waals surface area contributed by atoms with Crippen LogP contribution in [0.15, 0.2) is 30.5 Å². The molecule has 1 heterocycles. The van der Waals surface area contributed by atoms with Crippen LogP contribution in [0, 0.1) is 5.92 Å². The maximum atomic E-state index is 6.00. The highest BCUT2D eigenvalue weighted by Crippen LogP contribution is 2.27. The van der Waals surface area contributed by atoms with Gasteiger partial charge in [-0.2, -0.15) is 0 Å². The lowest BCUT2D eigenvalue weighted by atomic mass is 9.86. The maximum Gasteiger partial charge on any atom is 0.233 e. The normalized spacial score (nSPS) is 15.3. The topological polar surface area (TPSA) is 27.1 Å². The molecule has 0 atom stereocenters. The van der Waals surface area contributed by atoms with Crippen molar-refractivity contribution in [3.8, 4) is 11.6 Å². The van der Waals surface area contributed by atoms with Gasteiger partial charge in [0, 0.05) is 12.3 Å². The van der Waals surface area contributed by atoms with E-state index in [-0.39, 0.29) is 0 Å². The van der Waals surface area contributed by atoms with E-state index in [1.165, 1.54) is 19.3 Å². The van der Waals surface area contributed by atoms with E-state index in [9.17, 15) is 0 Å². The van der Waals surface area contributed by atoms with Gasteiger partial charge in [-0.15, -0.1) is 5.10 Å². The van der Waals surface area contributed by atoms with Crippen molar-refractivity contribution in [3.05, 3.63) is 40.5 Å². The van der Waals surface area contributed by atoms with Gasteiger partial charge >= 0.3 is 0 Å². The summed E-state index contributed by atoms with van der Waals surface area (Å²) in [6.45, 7) is 0.762. The standard InChI is InChI=1S/C14H14Cl2N2O/c15-12-5-4-11(8-13(12)16)18-7-6-14(17-18)19-9-10-2-1-3-10/h4-8,10H,1-3,9H2. The Morgan fingerprint density at radius 3 is 2.74 bits per heavy atom. The van der Waals surface area contributed by atoms with Gasteiger partial charge in [-0.05, 0) is 37.0 Å². The van der Waals surface area contributed by atoms with Crippen LogP contribution in [-0.4, -0.2) is 16.4 Å². The van der Waals surface area contributed by atoms with Crippen LogP contribution >= 0.6 is 23.2 Å².